The number of thioether (sulfide) groups is 1. The van der Waals surface area contributed by atoms with E-state index < -0.39 is 22.3 Å². The van der Waals surface area contributed by atoms with Crippen molar-refractivity contribution < 1.29 is 22.4 Å². The number of fused-ring (bicyclic) bond motifs is 2. The molecule has 4 atom stereocenters. The molecule has 1 aliphatic heterocycles. The molecular weight excluding hydrogens is 500 g/mol. The Morgan fingerprint density at radius 1 is 1.19 bits per heavy atom. The molecule has 2 fully saturated rings. The number of carbonyl (C=O) groups excluding carboxylic acids is 1. The maximum absolute atomic E-state index is 13.8. The number of nitrogens with one attached hydrogen (secondary N) is 1. The van der Waals surface area contributed by atoms with Crippen molar-refractivity contribution >= 4 is 23.7 Å². The lowest BCUT2D eigenvalue weighted by molar-refractivity contribution is -0.137. The van der Waals surface area contributed by atoms with Gasteiger partial charge in [-0.05, 0) is 79.3 Å². The molecule has 2 unspecified atom stereocenters. The van der Waals surface area contributed by atoms with Gasteiger partial charge in [-0.3, -0.25) is 9.69 Å². The van der Waals surface area contributed by atoms with Crippen molar-refractivity contribution in [3.63, 3.8) is 0 Å². The SMILES string of the molecule is CSC1(C(=O)NCc2cc(F)cc(C(F)(F)F)c2)CCC(N2CC[C@@]3(C=Cc4ccccc43)[C@@H](C)C2)C1. The standard InChI is InChI=1S/C29H32F4N2OS/c1-19-18-35(12-11-27(19)9-7-21-5-3-4-6-25(21)27)24-8-10-28(16-24,37-2)26(36)34-17-20-13-22(29(31,32)33)15-23(30)14-20/h3-7,9,13-15,19,24H,8,10-12,16-18H2,1-2H3,(H,34,36)/t19-,24?,27-,28?/m0/s1. The van der Waals surface area contributed by atoms with E-state index in [9.17, 15) is 22.4 Å². The van der Waals surface area contributed by atoms with E-state index in [-0.39, 0.29) is 29.5 Å². The van der Waals surface area contributed by atoms with Crippen molar-refractivity contribution in [1.29, 1.82) is 0 Å². The number of halogens is 4. The van der Waals surface area contributed by atoms with E-state index >= 15 is 0 Å². The summed E-state index contributed by atoms with van der Waals surface area (Å²) in [5, 5.41) is 2.80. The Bertz CT molecular complexity index is 1210. The Kier molecular flexibility index (Phi) is 6.94. The Labute approximate surface area is 219 Å². The van der Waals surface area contributed by atoms with Crippen molar-refractivity contribution in [1.82, 2.24) is 10.2 Å². The first-order valence-electron chi connectivity index (χ1n) is 12.8. The number of nitrogens with zero attached hydrogens (tertiary/aromatic N) is 1. The second-order valence-corrected chi connectivity index (χ2v) is 11.9. The fourth-order valence-electron chi connectivity index (χ4n) is 6.59. The number of alkyl halides is 3. The molecule has 198 valence electrons. The van der Waals surface area contributed by atoms with Gasteiger partial charge in [-0.2, -0.15) is 13.2 Å². The number of hydrogen-bond acceptors (Lipinski definition) is 3. The van der Waals surface area contributed by atoms with Crippen molar-refractivity contribution in [3.8, 4) is 0 Å². The minimum absolute atomic E-state index is 0.0693. The minimum Gasteiger partial charge on any atom is -0.351 e. The highest BCUT2D eigenvalue weighted by atomic mass is 32.2. The molecule has 1 heterocycles. The summed E-state index contributed by atoms with van der Waals surface area (Å²) < 4.78 is 52.3. The van der Waals surface area contributed by atoms with Crippen LogP contribution in [0.15, 0.2) is 48.5 Å². The van der Waals surface area contributed by atoms with Crippen LogP contribution in [0.2, 0.25) is 0 Å². The van der Waals surface area contributed by atoms with Crippen molar-refractivity contribution in [2.24, 2.45) is 5.92 Å². The van der Waals surface area contributed by atoms with E-state index in [2.05, 4.69) is 53.6 Å². The molecule has 1 spiro atoms. The van der Waals surface area contributed by atoms with Gasteiger partial charge in [0, 0.05) is 24.5 Å². The zero-order chi connectivity index (χ0) is 26.4. The maximum atomic E-state index is 13.8. The number of amides is 1. The number of allylic oxidation sites excluding steroid dienone is 1. The molecule has 3 aliphatic rings. The zero-order valence-corrected chi connectivity index (χ0v) is 21.9. The molecule has 2 aliphatic carbocycles. The molecule has 1 saturated heterocycles. The van der Waals surface area contributed by atoms with E-state index in [1.807, 2.05) is 6.26 Å². The topological polar surface area (TPSA) is 32.3 Å². The zero-order valence-electron chi connectivity index (χ0n) is 21.1. The number of carbonyl (C=O) groups is 1. The van der Waals surface area contributed by atoms with Gasteiger partial charge >= 0.3 is 6.18 Å². The monoisotopic (exact) mass is 532 g/mol. The predicted octanol–water partition coefficient (Wildman–Crippen LogP) is 6.42. The number of likely N-dealkylation sites (tertiary alicyclic amines) is 1. The van der Waals surface area contributed by atoms with Gasteiger partial charge in [-0.25, -0.2) is 4.39 Å². The number of hydrogen-bond donors (Lipinski definition) is 1. The molecule has 1 N–H and O–H groups in total. The van der Waals surface area contributed by atoms with Crippen LogP contribution in [0.5, 0.6) is 0 Å². The quantitative estimate of drug-likeness (QED) is 0.451. The molecule has 0 bridgehead atoms. The van der Waals surface area contributed by atoms with E-state index in [4.69, 9.17) is 0 Å². The lowest BCUT2D eigenvalue weighted by Gasteiger charge is -2.46. The highest BCUT2D eigenvalue weighted by Crippen LogP contribution is 2.49. The summed E-state index contributed by atoms with van der Waals surface area (Å²) in [5.41, 5.74) is 1.85. The van der Waals surface area contributed by atoms with E-state index in [0.29, 0.717) is 24.8 Å². The van der Waals surface area contributed by atoms with Crippen LogP contribution >= 0.6 is 11.8 Å². The van der Waals surface area contributed by atoms with Crippen LogP contribution in [0.1, 0.15) is 54.9 Å². The molecule has 5 rings (SSSR count). The molecule has 37 heavy (non-hydrogen) atoms. The van der Waals surface area contributed by atoms with Gasteiger partial charge < -0.3 is 5.32 Å². The van der Waals surface area contributed by atoms with Crippen LogP contribution in [-0.4, -0.2) is 40.9 Å². The Morgan fingerprint density at radius 3 is 2.70 bits per heavy atom. The highest BCUT2D eigenvalue weighted by Gasteiger charge is 2.49. The van der Waals surface area contributed by atoms with Crippen LogP contribution in [0.3, 0.4) is 0 Å². The molecule has 2 aromatic rings. The molecule has 1 amide bonds. The molecule has 2 aromatic carbocycles. The maximum Gasteiger partial charge on any atom is 0.416 e. The molecule has 0 radical (unpaired) electrons. The van der Waals surface area contributed by atoms with Crippen molar-refractivity contribution in [2.75, 3.05) is 19.3 Å². The third-order valence-corrected chi connectivity index (χ3v) is 10.1. The molecule has 8 heteroatoms. The molecule has 0 aromatic heterocycles. The highest BCUT2D eigenvalue weighted by molar-refractivity contribution is 8.00. The summed E-state index contributed by atoms with van der Waals surface area (Å²) in [5.74, 6) is -0.708. The normalized spacial score (nSPS) is 29.6. The van der Waals surface area contributed by atoms with E-state index in [0.717, 1.165) is 38.1 Å². The van der Waals surface area contributed by atoms with Crippen LogP contribution in [0, 0.1) is 11.7 Å². The number of rotatable bonds is 5. The van der Waals surface area contributed by atoms with Crippen molar-refractivity contribution in [2.45, 2.75) is 61.5 Å². The van der Waals surface area contributed by atoms with Crippen LogP contribution < -0.4 is 5.32 Å². The third-order valence-electron chi connectivity index (χ3n) is 8.73. The largest absolute Gasteiger partial charge is 0.416 e. The average molecular weight is 533 g/mol. The summed E-state index contributed by atoms with van der Waals surface area (Å²) in [7, 11) is 0. The van der Waals surface area contributed by atoms with Crippen LogP contribution in [0.25, 0.3) is 6.08 Å². The fourth-order valence-corrected chi connectivity index (χ4v) is 7.53. The second kappa shape index (κ2) is 9.77. The van der Waals surface area contributed by atoms with Crippen LogP contribution in [0.4, 0.5) is 17.6 Å². The summed E-state index contributed by atoms with van der Waals surface area (Å²) >= 11 is 1.51. The molecule has 3 nitrogen and oxygen atoms in total. The number of piperidine rings is 1. The summed E-state index contributed by atoms with van der Waals surface area (Å²) in [4.78, 5) is 15.8. The third kappa shape index (κ3) is 4.83. The summed E-state index contributed by atoms with van der Waals surface area (Å²) in [6, 6.07) is 11.3. The fraction of sp³-hybridized carbons (Fsp3) is 0.483. The lowest BCUT2D eigenvalue weighted by atomic mass is 9.68. The predicted molar refractivity (Wildman–Crippen MR) is 140 cm³/mol. The van der Waals surface area contributed by atoms with Gasteiger partial charge in [0.15, 0.2) is 0 Å². The number of benzene rings is 2. The Morgan fingerprint density at radius 2 is 1.97 bits per heavy atom. The Hall–Kier alpha value is -2.32. The first-order chi connectivity index (χ1) is 17.6. The van der Waals surface area contributed by atoms with E-state index in [1.165, 1.54) is 22.9 Å². The lowest BCUT2D eigenvalue weighted by Crippen LogP contribution is -2.51. The van der Waals surface area contributed by atoms with Gasteiger partial charge in [0.2, 0.25) is 5.91 Å². The summed E-state index contributed by atoms with van der Waals surface area (Å²) in [6.45, 7) is 4.10. The van der Waals surface area contributed by atoms with Gasteiger partial charge in [-0.1, -0.05) is 43.3 Å². The van der Waals surface area contributed by atoms with Gasteiger partial charge in [-0.15, -0.1) is 11.8 Å². The van der Waals surface area contributed by atoms with Gasteiger partial charge in [0.1, 0.15) is 5.82 Å². The second-order valence-electron chi connectivity index (χ2n) is 10.7. The minimum atomic E-state index is -4.64. The van der Waals surface area contributed by atoms with Gasteiger partial charge in [0.25, 0.3) is 0 Å². The first kappa shape index (κ1) is 26.3. The van der Waals surface area contributed by atoms with Crippen molar-refractivity contribution in [3.05, 3.63) is 76.6 Å². The van der Waals surface area contributed by atoms with Crippen LogP contribution in [-0.2, 0) is 22.9 Å². The average Bonchev–Trinajstić information content (AvgIpc) is 3.47. The van der Waals surface area contributed by atoms with Gasteiger partial charge in [0.05, 0.1) is 10.3 Å². The van der Waals surface area contributed by atoms with E-state index in [1.54, 1.807) is 0 Å². The Balaban J connectivity index is 1.23. The smallest absolute Gasteiger partial charge is 0.351 e. The molecule has 1 saturated carbocycles. The molecular formula is C29H32F4N2OS. The first-order valence-corrected chi connectivity index (χ1v) is 14.0. The summed E-state index contributed by atoms with van der Waals surface area (Å²) in [6.07, 6.45) is 5.25.